The number of hydrogen-bond donors (Lipinski definition) is 1. The van der Waals surface area contributed by atoms with Gasteiger partial charge in [-0.25, -0.2) is 4.79 Å². The fraction of sp³-hybridized carbons (Fsp3) is 0.600. The quantitative estimate of drug-likeness (QED) is 0.386. The first kappa shape index (κ1) is 12.7. The zero-order valence-corrected chi connectivity index (χ0v) is 8.41. The molecule has 0 aromatic carbocycles. The molecule has 0 bridgehead atoms. The first-order valence-electron chi connectivity index (χ1n) is 4.64. The molecular weight excluding hydrogens is 184 g/mol. The first-order valence-corrected chi connectivity index (χ1v) is 4.64. The van der Waals surface area contributed by atoms with Crippen molar-refractivity contribution in [2.75, 3.05) is 6.61 Å². The van der Waals surface area contributed by atoms with Gasteiger partial charge in [0, 0.05) is 5.57 Å². The maximum Gasteiger partial charge on any atom is 0.331 e. The Bertz CT molecular complexity index is 220. The Hall–Kier alpha value is -1.32. The summed E-state index contributed by atoms with van der Waals surface area (Å²) in [7, 11) is 0. The Kier molecular flexibility index (Phi) is 6.45. The summed E-state index contributed by atoms with van der Waals surface area (Å²) in [5.41, 5.74) is -0.134. The van der Waals surface area contributed by atoms with Crippen LogP contribution in [0.1, 0.15) is 32.6 Å². The van der Waals surface area contributed by atoms with Gasteiger partial charge < -0.3 is 9.84 Å². The van der Waals surface area contributed by atoms with Crippen molar-refractivity contribution in [2.45, 2.75) is 32.6 Å². The topological polar surface area (TPSA) is 63.6 Å². The molecule has 0 radical (unpaired) electrons. The van der Waals surface area contributed by atoms with E-state index in [1.54, 1.807) is 0 Å². The van der Waals surface area contributed by atoms with Crippen LogP contribution < -0.4 is 0 Å². The number of carbonyl (C=O) groups is 2. The van der Waals surface area contributed by atoms with Gasteiger partial charge in [-0.2, -0.15) is 0 Å². The van der Waals surface area contributed by atoms with Crippen molar-refractivity contribution in [1.29, 1.82) is 0 Å². The zero-order valence-electron chi connectivity index (χ0n) is 8.41. The standard InChI is InChI=1S/C10H16O4/c1-3-4-5-6-14-9(11)7-8(2)10(12)13/h2-7H2,1H3,(H,12,13). The van der Waals surface area contributed by atoms with Crippen molar-refractivity contribution < 1.29 is 19.4 Å². The van der Waals surface area contributed by atoms with Gasteiger partial charge in [-0.15, -0.1) is 0 Å². The second-order valence-corrected chi connectivity index (χ2v) is 3.01. The molecule has 1 N–H and O–H groups in total. The second kappa shape index (κ2) is 7.12. The van der Waals surface area contributed by atoms with Gasteiger partial charge in [0.2, 0.25) is 0 Å². The number of hydrogen-bond acceptors (Lipinski definition) is 3. The van der Waals surface area contributed by atoms with E-state index in [0.717, 1.165) is 19.3 Å². The molecule has 0 saturated carbocycles. The molecule has 0 aliphatic carbocycles. The first-order chi connectivity index (χ1) is 6.57. The predicted molar refractivity (Wildman–Crippen MR) is 51.9 cm³/mol. The van der Waals surface area contributed by atoms with Crippen molar-refractivity contribution in [1.82, 2.24) is 0 Å². The van der Waals surface area contributed by atoms with Crippen LogP contribution in [0.25, 0.3) is 0 Å². The molecule has 0 atom stereocenters. The minimum absolute atomic E-state index is 0.134. The van der Waals surface area contributed by atoms with Gasteiger partial charge in [0.25, 0.3) is 0 Å². The highest BCUT2D eigenvalue weighted by atomic mass is 16.5. The van der Waals surface area contributed by atoms with Crippen molar-refractivity contribution in [2.24, 2.45) is 0 Å². The lowest BCUT2D eigenvalue weighted by Gasteiger charge is -2.03. The number of aliphatic carboxylic acids is 1. The number of carboxylic acid groups (broad SMARTS) is 1. The molecule has 0 aliphatic heterocycles. The SMILES string of the molecule is C=C(CC(=O)OCCCCC)C(=O)O. The Morgan fingerprint density at radius 3 is 2.50 bits per heavy atom. The van der Waals surface area contributed by atoms with E-state index in [1.807, 2.05) is 6.92 Å². The van der Waals surface area contributed by atoms with Crippen LogP contribution in [0, 0.1) is 0 Å². The highest BCUT2D eigenvalue weighted by Gasteiger charge is 2.10. The van der Waals surface area contributed by atoms with E-state index in [1.165, 1.54) is 0 Å². The highest BCUT2D eigenvalue weighted by molar-refractivity contribution is 5.91. The molecule has 80 valence electrons. The smallest absolute Gasteiger partial charge is 0.331 e. The molecule has 0 heterocycles. The Morgan fingerprint density at radius 2 is 2.00 bits per heavy atom. The average molecular weight is 200 g/mol. The van der Waals surface area contributed by atoms with Gasteiger partial charge in [0.1, 0.15) is 0 Å². The lowest BCUT2D eigenvalue weighted by atomic mass is 10.2. The maximum absolute atomic E-state index is 11.0. The summed E-state index contributed by atoms with van der Waals surface area (Å²) < 4.78 is 4.80. The summed E-state index contributed by atoms with van der Waals surface area (Å²) in [5.74, 6) is -1.68. The summed E-state index contributed by atoms with van der Waals surface area (Å²) in [4.78, 5) is 21.3. The molecule has 0 amide bonds. The zero-order chi connectivity index (χ0) is 11.0. The molecule has 0 aromatic rings. The van der Waals surface area contributed by atoms with Gasteiger partial charge in [-0.1, -0.05) is 26.3 Å². The van der Waals surface area contributed by atoms with E-state index < -0.39 is 11.9 Å². The minimum Gasteiger partial charge on any atom is -0.478 e. The fourth-order valence-corrected chi connectivity index (χ4v) is 0.839. The van der Waals surface area contributed by atoms with Crippen LogP contribution in [-0.2, 0) is 14.3 Å². The minimum atomic E-state index is -1.16. The van der Waals surface area contributed by atoms with E-state index in [9.17, 15) is 9.59 Å². The summed E-state index contributed by atoms with van der Waals surface area (Å²) >= 11 is 0. The van der Waals surface area contributed by atoms with Crippen molar-refractivity contribution >= 4 is 11.9 Å². The fourth-order valence-electron chi connectivity index (χ4n) is 0.839. The van der Waals surface area contributed by atoms with Crippen LogP contribution >= 0.6 is 0 Å². The normalized spacial score (nSPS) is 9.50. The number of rotatable bonds is 7. The number of ether oxygens (including phenoxy) is 1. The number of esters is 1. The molecular formula is C10H16O4. The lowest BCUT2D eigenvalue weighted by molar-refractivity contribution is -0.144. The van der Waals surface area contributed by atoms with Crippen molar-refractivity contribution in [3.05, 3.63) is 12.2 Å². The molecule has 0 fully saturated rings. The third-order valence-electron chi connectivity index (χ3n) is 1.67. The molecule has 14 heavy (non-hydrogen) atoms. The summed E-state index contributed by atoms with van der Waals surface area (Å²) in [5, 5.41) is 8.43. The average Bonchev–Trinajstić information content (AvgIpc) is 2.12. The lowest BCUT2D eigenvalue weighted by Crippen LogP contribution is -2.10. The van der Waals surface area contributed by atoms with E-state index >= 15 is 0 Å². The Morgan fingerprint density at radius 1 is 1.36 bits per heavy atom. The van der Waals surface area contributed by atoms with Crippen LogP contribution in [-0.4, -0.2) is 23.7 Å². The largest absolute Gasteiger partial charge is 0.478 e. The van der Waals surface area contributed by atoms with E-state index in [4.69, 9.17) is 9.84 Å². The highest BCUT2D eigenvalue weighted by Crippen LogP contribution is 2.01. The summed E-state index contributed by atoms with van der Waals surface area (Å²) in [6.45, 7) is 5.65. The van der Waals surface area contributed by atoms with E-state index in [2.05, 4.69) is 6.58 Å². The molecule has 4 heteroatoms. The van der Waals surface area contributed by atoms with Gasteiger partial charge >= 0.3 is 11.9 Å². The van der Waals surface area contributed by atoms with Gasteiger partial charge in [0.15, 0.2) is 0 Å². The van der Waals surface area contributed by atoms with Crippen LogP contribution in [0.2, 0.25) is 0 Å². The van der Waals surface area contributed by atoms with Crippen molar-refractivity contribution in [3.63, 3.8) is 0 Å². The third-order valence-corrected chi connectivity index (χ3v) is 1.67. The van der Waals surface area contributed by atoms with E-state index in [-0.39, 0.29) is 12.0 Å². The molecule has 0 rings (SSSR count). The molecule has 0 unspecified atom stereocenters. The summed E-state index contributed by atoms with van der Waals surface area (Å²) in [6.07, 6.45) is 2.65. The second-order valence-electron chi connectivity index (χ2n) is 3.01. The van der Waals surface area contributed by atoms with Gasteiger partial charge in [-0.3, -0.25) is 4.79 Å². The molecule has 0 aliphatic rings. The van der Waals surface area contributed by atoms with Crippen LogP contribution in [0.3, 0.4) is 0 Å². The van der Waals surface area contributed by atoms with Crippen molar-refractivity contribution in [3.8, 4) is 0 Å². The Balaban J connectivity index is 3.56. The predicted octanol–water partition coefficient (Wildman–Crippen LogP) is 1.75. The molecule has 4 nitrogen and oxygen atoms in total. The summed E-state index contributed by atoms with van der Waals surface area (Å²) in [6, 6.07) is 0. The number of unbranched alkanes of at least 4 members (excludes halogenated alkanes) is 2. The van der Waals surface area contributed by atoms with Gasteiger partial charge in [0.05, 0.1) is 13.0 Å². The van der Waals surface area contributed by atoms with Crippen LogP contribution in [0.5, 0.6) is 0 Å². The van der Waals surface area contributed by atoms with Crippen LogP contribution in [0.4, 0.5) is 0 Å². The van der Waals surface area contributed by atoms with Gasteiger partial charge in [-0.05, 0) is 6.42 Å². The molecule has 0 spiro atoms. The monoisotopic (exact) mass is 200 g/mol. The third kappa shape index (κ3) is 6.22. The van der Waals surface area contributed by atoms with E-state index in [0.29, 0.717) is 6.61 Å². The van der Waals surface area contributed by atoms with Crippen LogP contribution in [0.15, 0.2) is 12.2 Å². The molecule has 0 aromatic heterocycles. The number of carbonyl (C=O) groups excluding carboxylic acids is 1. The molecule has 0 saturated heterocycles. The Labute approximate surface area is 83.6 Å². The maximum atomic E-state index is 11.0. The number of carboxylic acids is 1.